The standard InChI is InChI=1S/C41H48N4O14/c1-41(2,3)59-37(49)42-21-13-20-32-33(45-40(52)57-24-29-18-11-6-12-19-29)36(48)54-25-30(43-38(50)55-22-27-14-7-4-8-15-27)34(46)53-26-31(35(47)58-32)44-39(51)56-23-28-16-9-5-10-17-28/h4-12,14-19,30-33H,13,20-26H2,1-3H3,(H,42,49)(H,43,50)(H,44,51)(H,45,52)/t30-,31-,32-,33-/m0/s1. The molecule has 0 aromatic heterocycles. The Hall–Kier alpha value is -6.85. The lowest BCUT2D eigenvalue weighted by Crippen LogP contribution is -2.56. The summed E-state index contributed by atoms with van der Waals surface area (Å²) in [5.41, 5.74) is 1.11. The first-order valence-corrected chi connectivity index (χ1v) is 18.7. The van der Waals surface area contributed by atoms with E-state index in [4.69, 9.17) is 33.2 Å². The topological polar surface area (TPSA) is 232 Å². The molecule has 4 rings (SSSR count). The van der Waals surface area contributed by atoms with E-state index in [1.54, 1.807) is 112 Å². The highest BCUT2D eigenvalue weighted by molar-refractivity contribution is 5.86. The summed E-state index contributed by atoms with van der Waals surface area (Å²) in [6.45, 7) is 2.83. The van der Waals surface area contributed by atoms with E-state index in [1.807, 2.05) is 0 Å². The monoisotopic (exact) mass is 820 g/mol. The number of cyclic esters (lactones) is 3. The molecule has 3 aromatic carbocycles. The van der Waals surface area contributed by atoms with Gasteiger partial charge >= 0.3 is 42.3 Å². The van der Waals surface area contributed by atoms with E-state index in [-0.39, 0.29) is 39.2 Å². The fraction of sp³-hybridized carbons (Fsp3) is 0.390. The molecule has 1 heterocycles. The number of hydrogen-bond acceptors (Lipinski definition) is 14. The summed E-state index contributed by atoms with van der Waals surface area (Å²) in [5, 5.41) is 9.53. The minimum atomic E-state index is -1.78. The number of benzene rings is 3. The van der Waals surface area contributed by atoms with Crippen LogP contribution in [-0.4, -0.2) is 91.9 Å². The van der Waals surface area contributed by atoms with Gasteiger partial charge in [-0.2, -0.15) is 0 Å². The van der Waals surface area contributed by atoms with Gasteiger partial charge in [0.1, 0.15) is 44.7 Å². The average Bonchev–Trinajstić information content (AvgIpc) is 3.21. The molecule has 0 unspecified atom stereocenters. The quantitative estimate of drug-likeness (QED) is 0.108. The molecular formula is C41H48N4O14. The minimum Gasteiger partial charge on any atom is -0.461 e. The molecule has 4 atom stereocenters. The number of rotatable bonds is 13. The van der Waals surface area contributed by atoms with Gasteiger partial charge in [0.2, 0.25) is 0 Å². The van der Waals surface area contributed by atoms with Gasteiger partial charge in [-0.05, 0) is 50.3 Å². The van der Waals surface area contributed by atoms with Crippen LogP contribution < -0.4 is 21.3 Å². The van der Waals surface area contributed by atoms with Gasteiger partial charge in [0, 0.05) is 6.54 Å². The zero-order chi connectivity index (χ0) is 42.6. The van der Waals surface area contributed by atoms with Gasteiger partial charge in [0.05, 0.1) is 0 Å². The number of alkyl carbamates (subject to hydrolysis) is 4. The zero-order valence-corrected chi connectivity index (χ0v) is 32.8. The highest BCUT2D eigenvalue weighted by Gasteiger charge is 2.39. The van der Waals surface area contributed by atoms with Crippen LogP contribution in [0, 0.1) is 0 Å². The first-order chi connectivity index (χ1) is 28.3. The van der Waals surface area contributed by atoms with Gasteiger partial charge in [-0.25, -0.2) is 33.6 Å². The van der Waals surface area contributed by atoms with Crippen molar-refractivity contribution in [2.24, 2.45) is 0 Å². The number of esters is 3. The summed E-state index contributed by atoms with van der Waals surface area (Å²) in [6, 6.07) is 20.8. The molecule has 316 valence electrons. The van der Waals surface area contributed by atoms with Gasteiger partial charge in [0.25, 0.3) is 0 Å². The number of ether oxygens (including phenoxy) is 7. The second kappa shape index (κ2) is 22.8. The van der Waals surface area contributed by atoms with E-state index < -0.39 is 85.3 Å². The van der Waals surface area contributed by atoms with E-state index in [2.05, 4.69) is 21.3 Å². The van der Waals surface area contributed by atoms with E-state index in [0.717, 1.165) is 0 Å². The Balaban J connectivity index is 1.58. The third-order valence-electron chi connectivity index (χ3n) is 8.08. The van der Waals surface area contributed by atoms with E-state index in [1.165, 1.54) is 0 Å². The van der Waals surface area contributed by atoms with Crippen LogP contribution in [-0.2, 0) is 67.4 Å². The summed E-state index contributed by atoms with van der Waals surface area (Å²) in [5.74, 6) is -3.59. The third kappa shape index (κ3) is 16.6. The maximum Gasteiger partial charge on any atom is 0.408 e. The molecule has 18 heteroatoms. The molecule has 0 spiro atoms. The van der Waals surface area contributed by atoms with Gasteiger partial charge in [-0.1, -0.05) is 91.0 Å². The second-order valence-electron chi connectivity index (χ2n) is 14.0. The Bertz CT molecular complexity index is 1860. The van der Waals surface area contributed by atoms with E-state index in [0.29, 0.717) is 16.7 Å². The van der Waals surface area contributed by atoms with Crippen LogP contribution in [0.3, 0.4) is 0 Å². The Labute approximate surface area is 340 Å². The fourth-order valence-corrected chi connectivity index (χ4v) is 5.20. The maximum atomic E-state index is 13.8. The molecule has 0 saturated carbocycles. The predicted octanol–water partition coefficient (Wildman–Crippen LogP) is 4.19. The summed E-state index contributed by atoms with van der Waals surface area (Å²) >= 11 is 0. The molecular weight excluding hydrogens is 772 g/mol. The lowest BCUT2D eigenvalue weighted by Gasteiger charge is -2.29. The van der Waals surface area contributed by atoms with Gasteiger partial charge in [-0.15, -0.1) is 0 Å². The maximum absolute atomic E-state index is 13.8. The van der Waals surface area contributed by atoms with Crippen LogP contribution in [0.4, 0.5) is 19.2 Å². The zero-order valence-electron chi connectivity index (χ0n) is 32.8. The Morgan fingerprint density at radius 1 is 0.593 bits per heavy atom. The van der Waals surface area contributed by atoms with Crippen LogP contribution >= 0.6 is 0 Å². The van der Waals surface area contributed by atoms with Gasteiger partial charge in [0.15, 0.2) is 18.1 Å². The first kappa shape index (κ1) is 44.9. The Morgan fingerprint density at radius 3 is 1.47 bits per heavy atom. The molecule has 1 saturated heterocycles. The summed E-state index contributed by atoms with van der Waals surface area (Å²) in [6.07, 6.45) is -5.64. The molecule has 0 bridgehead atoms. The first-order valence-electron chi connectivity index (χ1n) is 18.7. The predicted molar refractivity (Wildman–Crippen MR) is 206 cm³/mol. The lowest BCUT2D eigenvalue weighted by molar-refractivity contribution is -0.166. The second-order valence-corrected chi connectivity index (χ2v) is 14.0. The number of carbonyl (C=O) groups excluding carboxylic acids is 7. The summed E-state index contributed by atoms with van der Waals surface area (Å²) < 4.78 is 37.5. The Morgan fingerprint density at radius 2 is 1.02 bits per heavy atom. The normalized spacial score (nSPS) is 18.5. The van der Waals surface area contributed by atoms with Crippen molar-refractivity contribution in [2.75, 3.05) is 19.8 Å². The van der Waals surface area contributed by atoms with Crippen LogP contribution in [0.25, 0.3) is 0 Å². The van der Waals surface area contributed by atoms with E-state index in [9.17, 15) is 33.6 Å². The molecule has 4 amide bonds. The van der Waals surface area contributed by atoms with Crippen molar-refractivity contribution in [3.63, 3.8) is 0 Å². The number of hydrogen-bond donors (Lipinski definition) is 4. The molecule has 1 aliphatic rings. The highest BCUT2D eigenvalue weighted by atomic mass is 16.6. The van der Waals surface area contributed by atoms with Crippen LogP contribution in [0.2, 0.25) is 0 Å². The van der Waals surface area contributed by atoms with Crippen molar-refractivity contribution in [3.8, 4) is 0 Å². The molecule has 4 N–H and O–H groups in total. The van der Waals surface area contributed by atoms with Crippen LogP contribution in [0.1, 0.15) is 50.3 Å². The van der Waals surface area contributed by atoms with Crippen molar-refractivity contribution >= 4 is 42.3 Å². The largest absolute Gasteiger partial charge is 0.461 e. The van der Waals surface area contributed by atoms with Gasteiger partial charge < -0.3 is 54.4 Å². The van der Waals surface area contributed by atoms with Crippen molar-refractivity contribution < 1.29 is 66.7 Å². The van der Waals surface area contributed by atoms with E-state index >= 15 is 0 Å². The van der Waals surface area contributed by atoms with Crippen molar-refractivity contribution in [1.29, 1.82) is 0 Å². The Kier molecular flexibility index (Phi) is 17.3. The average molecular weight is 821 g/mol. The molecule has 0 aliphatic carbocycles. The summed E-state index contributed by atoms with van der Waals surface area (Å²) in [7, 11) is 0. The third-order valence-corrected chi connectivity index (χ3v) is 8.08. The lowest BCUT2D eigenvalue weighted by atomic mass is 10.1. The fourth-order valence-electron chi connectivity index (χ4n) is 5.20. The number of amides is 4. The number of nitrogens with one attached hydrogen (secondary N) is 4. The molecule has 59 heavy (non-hydrogen) atoms. The van der Waals surface area contributed by atoms with Crippen LogP contribution in [0.5, 0.6) is 0 Å². The SMILES string of the molecule is CC(C)(C)OC(=O)NCCC[C@@H]1OC(=O)[C@@H](NC(=O)OCc2ccccc2)COC(=O)[C@@H](NC(=O)OCc2ccccc2)COC(=O)[C@H]1NC(=O)OCc1ccccc1. The van der Waals surface area contributed by atoms with Crippen molar-refractivity contribution in [2.45, 2.75) is 83.3 Å². The molecule has 0 radical (unpaired) electrons. The summed E-state index contributed by atoms with van der Waals surface area (Å²) in [4.78, 5) is 92.2. The molecule has 1 aliphatic heterocycles. The highest BCUT2D eigenvalue weighted by Crippen LogP contribution is 2.15. The molecule has 18 nitrogen and oxygen atoms in total. The molecule has 1 fully saturated rings. The van der Waals surface area contributed by atoms with Crippen LogP contribution in [0.15, 0.2) is 91.0 Å². The molecule has 3 aromatic rings. The smallest absolute Gasteiger partial charge is 0.408 e. The number of carbonyl (C=O) groups is 7. The van der Waals surface area contributed by atoms with Gasteiger partial charge in [-0.3, -0.25) is 0 Å². The minimum absolute atomic E-state index is 0.0224. The van der Waals surface area contributed by atoms with Crippen molar-refractivity contribution in [3.05, 3.63) is 108 Å². The van der Waals surface area contributed by atoms with Crippen molar-refractivity contribution in [1.82, 2.24) is 21.3 Å².